The van der Waals surface area contributed by atoms with Gasteiger partial charge in [-0.05, 0) is 18.8 Å². The van der Waals surface area contributed by atoms with Crippen LogP contribution in [-0.4, -0.2) is 36.2 Å². The van der Waals surface area contributed by atoms with Crippen molar-refractivity contribution in [1.82, 2.24) is 5.32 Å². The number of ether oxygens (including phenoxy) is 1. The van der Waals surface area contributed by atoms with Crippen LogP contribution in [0.15, 0.2) is 12.7 Å². The summed E-state index contributed by atoms with van der Waals surface area (Å²) in [5.41, 5.74) is 0. The van der Waals surface area contributed by atoms with Crippen molar-refractivity contribution in [2.24, 2.45) is 5.92 Å². The Morgan fingerprint density at radius 2 is 2.05 bits per heavy atom. The molecule has 0 aromatic heterocycles. The fourth-order valence-electron chi connectivity index (χ4n) is 2.74. The summed E-state index contributed by atoms with van der Waals surface area (Å²) in [6.07, 6.45) is 10.3. The van der Waals surface area contributed by atoms with Crippen molar-refractivity contribution in [1.29, 1.82) is 0 Å². The highest BCUT2D eigenvalue weighted by Crippen LogP contribution is 2.27. The van der Waals surface area contributed by atoms with E-state index >= 15 is 0 Å². The molecule has 1 unspecified atom stereocenters. The molecule has 0 bridgehead atoms. The zero-order valence-electron chi connectivity index (χ0n) is 12.7. The molecular formula is C16H27NO4. The molecule has 0 radical (unpaired) electrons. The lowest BCUT2D eigenvalue weighted by Gasteiger charge is -2.21. The summed E-state index contributed by atoms with van der Waals surface area (Å²) in [7, 11) is 0. The number of nitrogens with one attached hydrogen (secondary N) is 1. The molecule has 1 fully saturated rings. The first-order chi connectivity index (χ1) is 10.1. The van der Waals surface area contributed by atoms with E-state index < -0.39 is 12.0 Å². The molecule has 0 aliphatic heterocycles. The molecular weight excluding hydrogens is 270 g/mol. The fraction of sp³-hybridized carbons (Fsp3) is 0.750. The molecule has 5 heteroatoms. The van der Waals surface area contributed by atoms with Crippen molar-refractivity contribution < 1.29 is 19.4 Å². The average molecular weight is 297 g/mol. The molecule has 1 amide bonds. The van der Waals surface area contributed by atoms with Gasteiger partial charge in [-0.2, -0.15) is 0 Å². The second-order valence-electron chi connectivity index (χ2n) is 5.68. The predicted molar refractivity (Wildman–Crippen MR) is 81.0 cm³/mol. The molecule has 2 N–H and O–H groups in total. The van der Waals surface area contributed by atoms with Crippen LogP contribution in [0.5, 0.6) is 0 Å². The van der Waals surface area contributed by atoms with Gasteiger partial charge in [-0.25, -0.2) is 4.79 Å². The van der Waals surface area contributed by atoms with Gasteiger partial charge in [0.25, 0.3) is 0 Å². The molecule has 0 spiro atoms. The highest BCUT2D eigenvalue weighted by Gasteiger charge is 2.20. The molecule has 1 saturated carbocycles. The van der Waals surface area contributed by atoms with E-state index in [9.17, 15) is 9.59 Å². The summed E-state index contributed by atoms with van der Waals surface area (Å²) in [5, 5.41) is 11.5. The van der Waals surface area contributed by atoms with Crippen LogP contribution < -0.4 is 5.32 Å². The standard InChI is InChI=1S/C16H27NO4/c1-2-11-21-12-14(16(19)20)17-15(18)10-6-9-13-7-4-3-5-8-13/h2,13-14H,1,3-12H2,(H,17,18)(H,19,20). The minimum Gasteiger partial charge on any atom is -0.480 e. The first-order valence-corrected chi connectivity index (χ1v) is 7.84. The third kappa shape index (κ3) is 7.85. The Labute approximate surface area is 126 Å². The number of hydrogen-bond acceptors (Lipinski definition) is 3. The summed E-state index contributed by atoms with van der Waals surface area (Å²) in [5.74, 6) is -0.530. The molecule has 0 aromatic carbocycles. The van der Waals surface area contributed by atoms with E-state index in [1.165, 1.54) is 32.1 Å². The number of carbonyl (C=O) groups is 2. The third-order valence-corrected chi connectivity index (χ3v) is 3.89. The van der Waals surface area contributed by atoms with E-state index in [0.717, 1.165) is 18.8 Å². The summed E-state index contributed by atoms with van der Waals surface area (Å²) in [6.45, 7) is 3.74. The maximum atomic E-state index is 11.8. The highest BCUT2D eigenvalue weighted by molar-refractivity contribution is 5.83. The second-order valence-corrected chi connectivity index (χ2v) is 5.68. The summed E-state index contributed by atoms with van der Waals surface area (Å²) >= 11 is 0. The lowest BCUT2D eigenvalue weighted by Crippen LogP contribution is -2.44. The van der Waals surface area contributed by atoms with Crippen LogP contribution in [0, 0.1) is 5.92 Å². The Kier molecular flexibility index (Phi) is 8.74. The van der Waals surface area contributed by atoms with E-state index in [-0.39, 0.29) is 19.1 Å². The number of carboxylic acid groups (broad SMARTS) is 1. The van der Waals surface area contributed by atoms with Crippen LogP contribution in [0.25, 0.3) is 0 Å². The molecule has 0 saturated heterocycles. The zero-order valence-corrected chi connectivity index (χ0v) is 12.7. The smallest absolute Gasteiger partial charge is 0.328 e. The molecule has 0 heterocycles. The number of amides is 1. The van der Waals surface area contributed by atoms with Crippen LogP contribution in [0.4, 0.5) is 0 Å². The number of carboxylic acids is 1. The van der Waals surface area contributed by atoms with Crippen molar-refractivity contribution in [3.63, 3.8) is 0 Å². The topological polar surface area (TPSA) is 75.6 Å². The lowest BCUT2D eigenvalue weighted by atomic mass is 9.86. The number of hydrogen-bond donors (Lipinski definition) is 2. The molecule has 120 valence electrons. The van der Waals surface area contributed by atoms with Crippen LogP contribution >= 0.6 is 0 Å². The van der Waals surface area contributed by atoms with E-state index in [2.05, 4.69) is 11.9 Å². The minimum atomic E-state index is -1.07. The molecule has 5 nitrogen and oxygen atoms in total. The predicted octanol–water partition coefficient (Wildman–Crippen LogP) is 2.51. The maximum absolute atomic E-state index is 11.8. The average Bonchev–Trinajstić information content (AvgIpc) is 2.47. The lowest BCUT2D eigenvalue weighted by molar-refractivity contribution is -0.143. The number of aliphatic carboxylic acids is 1. The van der Waals surface area contributed by atoms with Gasteiger partial charge in [0.05, 0.1) is 13.2 Å². The maximum Gasteiger partial charge on any atom is 0.328 e. The van der Waals surface area contributed by atoms with Gasteiger partial charge < -0.3 is 15.2 Å². The van der Waals surface area contributed by atoms with Crippen molar-refractivity contribution in [2.45, 2.75) is 57.4 Å². The van der Waals surface area contributed by atoms with Gasteiger partial charge in [0.1, 0.15) is 0 Å². The first kappa shape index (κ1) is 17.7. The van der Waals surface area contributed by atoms with E-state index in [1.54, 1.807) is 6.08 Å². The van der Waals surface area contributed by atoms with Crippen molar-refractivity contribution in [3.8, 4) is 0 Å². The van der Waals surface area contributed by atoms with Gasteiger partial charge in [0, 0.05) is 6.42 Å². The zero-order chi connectivity index (χ0) is 15.5. The minimum absolute atomic E-state index is 0.0320. The first-order valence-electron chi connectivity index (χ1n) is 7.84. The van der Waals surface area contributed by atoms with Crippen LogP contribution in [0.1, 0.15) is 51.4 Å². The van der Waals surface area contributed by atoms with Gasteiger partial charge in [-0.1, -0.05) is 38.2 Å². The summed E-state index contributed by atoms with van der Waals surface area (Å²) in [6, 6.07) is -0.980. The fourth-order valence-corrected chi connectivity index (χ4v) is 2.74. The molecule has 21 heavy (non-hydrogen) atoms. The molecule has 1 rings (SSSR count). The van der Waals surface area contributed by atoms with Crippen LogP contribution in [0.3, 0.4) is 0 Å². The third-order valence-electron chi connectivity index (χ3n) is 3.89. The second kappa shape index (κ2) is 10.4. The van der Waals surface area contributed by atoms with Crippen molar-refractivity contribution >= 4 is 11.9 Å². The highest BCUT2D eigenvalue weighted by atomic mass is 16.5. The monoisotopic (exact) mass is 297 g/mol. The summed E-state index contributed by atoms with van der Waals surface area (Å²) in [4.78, 5) is 22.8. The van der Waals surface area contributed by atoms with Gasteiger partial charge >= 0.3 is 5.97 Å². The number of carbonyl (C=O) groups excluding carboxylic acids is 1. The van der Waals surface area contributed by atoms with E-state index in [4.69, 9.17) is 9.84 Å². The SMILES string of the molecule is C=CCOCC(NC(=O)CCCC1CCCCC1)C(=O)O. The molecule has 1 aliphatic rings. The van der Waals surface area contributed by atoms with Gasteiger partial charge in [-0.15, -0.1) is 6.58 Å². The Morgan fingerprint density at radius 1 is 1.33 bits per heavy atom. The quantitative estimate of drug-likeness (QED) is 0.480. The largest absolute Gasteiger partial charge is 0.480 e. The van der Waals surface area contributed by atoms with E-state index in [1.807, 2.05) is 0 Å². The van der Waals surface area contributed by atoms with Gasteiger partial charge in [0.2, 0.25) is 5.91 Å². The molecule has 0 aromatic rings. The Bertz CT molecular complexity index is 337. The number of rotatable bonds is 10. The van der Waals surface area contributed by atoms with Crippen LogP contribution in [-0.2, 0) is 14.3 Å². The Hall–Kier alpha value is -1.36. The summed E-state index contributed by atoms with van der Waals surface area (Å²) < 4.78 is 5.09. The Morgan fingerprint density at radius 3 is 2.67 bits per heavy atom. The van der Waals surface area contributed by atoms with Gasteiger partial charge in [-0.3, -0.25) is 4.79 Å². The van der Waals surface area contributed by atoms with Crippen molar-refractivity contribution in [2.75, 3.05) is 13.2 Å². The van der Waals surface area contributed by atoms with Crippen molar-refractivity contribution in [3.05, 3.63) is 12.7 Å². The van der Waals surface area contributed by atoms with E-state index in [0.29, 0.717) is 6.42 Å². The molecule has 1 aliphatic carbocycles. The molecule has 1 atom stereocenters. The Balaban J connectivity index is 2.19. The normalized spacial score (nSPS) is 17.1. The van der Waals surface area contributed by atoms with Crippen LogP contribution in [0.2, 0.25) is 0 Å². The van der Waals surface area contributed by atoms with Gasteiger partial charge in [0.15, 0.2) is 6.04 Å².